The molecule has 0 unspecified atom stereocenters. The topological polar surface area (TPSA) is 54.5 Å². The predicted octanol–water partition coefficient (Wildman–Crippen LogP) is 1.90. The average Bonchev–Trinajstić information content (AvgIpc) is 2.67. The number of nitrogens with zero attached hydrogens (tertiary/aromatic N) is 4. The number of hydrogen-bond acceptors (Lipinski definition) is 3. The molecular weight excluding hydrogens is 244 g/mol. The molecule has 2 rings (SSSR count). The van der Waals surface area contributed by atoms with Gasteiger partial charge in [-0.1, -0.05) is 21.1 Å². The van der Waals surface area contributed by atoms with Crippen molar-refractivity contribution in [3.8, 4) is 11.8 Å². The number of nitriles is 1. The van der Waals surface area contributed by atoms with Crippen LogP contribution in [0.4, 0.5) is 0 Å². The van der Waals surface area contributed by atoms with Gasteiger partial charge in [0.1, 0.15) is 6.07 Å². The molecule has 14 heavy (non-hydrogen) atoms. The molecule has 4 nitrogen and oxygen atoms in total. The number of halogens is 1. The summed E-state index contributed by atoms with van der Waals surface area (Å²) in [5.41, 5.74) is 1.19. The molecule has 68 valence electrons. The van der Waals surface area contributed by atoms with Crippen molar-refractivity contribution in [3.05, 3.63) is 40.6 Å². The maximum atomic E-state index is 8.57. The van der Waals surface area contributed by atoms with E-state index in [4.69, 9.17) is 5.26 Å². The molecule has 0 bridgehead atoms. The minimum atomic E-state index is 0.313. The Hall–Kier alpha value is -1.67. The van der Waals surface area contributed by atoms with Crippen LogP contribution in [-0.4, -0.2) is 15.0 Å². The summed E-state index contributed by atoms with van der Waals surface area (Å²) in [6.07, 6.45) is 1.59. The van der Waals surface area contributed by atoms with Crippen molar-refractivity contribution < 1.29 is 0 Å². The van der Waals surface area contributed by atoms with Gasteiger partial charge in [-0.15, -0.1) is 5.10 Å². The molecule has 0 aliphatic heterocycles. The molecule has 0 aliphatic carbocycles. The largest absolute Gasteiger partial charge is 0.219 e. The zero-order valence-corrected chi connectivity index (χ0v) is 8.64. The third-order valence-electron chi connectivity index (χ3n) is 1.70. The fourth-order valence-corrected chi connectivity index (χ4v) is 1.30. The van der Waals surface area contributed by atoms with E-state index in [0.717, 1.165) is 10.2 Å². The summed E-state index contributed by atoms with van der Waals surface area (Å²) in [5.74, 6) is 0. The van der Waals surface area contributed by atoms with Gasteiger partial charge >= 0.3 is 0 Å². The molecule has 0 spiro atoms. The van der Waals surface area contributed by atoms with Gasteiger partial charge in [0.05, 0.1) is 11.9 Å². The highest BCUT2D eigenvalue weighted by Gasteiger charge is 2.00. The van der Waals surface area contributed by atoms with E-state index in [1.165, 1.54) is 0 Å². The van der Waals surface area contributed by atoms with E-state index < -0.39 is 0 Å². The Bertz CT molecular complexity index is 480. The van der Waals surface area contributed by atoms with Crippen molar-refractivity contribution in [3.63, 3.8) is 0 Å². The molecular formula is C9H5BrN4. The number of hydrogen-bond donors (Lipinski definition) is 0. The van der Waals surface area contributed by atoms with E-state index in [1.54, 1.807) is 10.9 Å². The van der Waals surface area contributed by atoms with Crippen LogP contribution >= 0.6 is 15.9 Å². The first-order chi connectivity index (χ1) is 6.79. The lowest BCUT2D eigenvalue weighted by Crippen LogP contribution is -1.93. The van der Waals surface area contributed by atoms with Crippen LogP contribution in [0.25, 0.3) is 5.69 Å². The van der Waals surface area contributed by atoms with Gasteiger partial charge in [0.25, 0.3) is 0 Å². The summed E-state index contributed by atoms with van der Waals surface area (Å²) in [6, 6.07) is 9.51. The minimum absolute atomic E-state index is 0.313. The monoisotopic (exact) mass is 248 g/mol. The highest BCUT2D eigenvalue weighted by Crippen LogP contribution is 2.13. The SMILES string of the molecule is N#Cc1cn(-c2ccc(Br)cc2)nn1. The van der Waals surface area contributed by atoms with Crippen molar-refractivity contribution in [1.82, 2.24) is 15.0 Å². The third-order valence-corrected chi connectivity index (χ3v) is 2.23. The molecule has 1 aromatic heterocycles. The van der Waals surface area contributed by atoms with Crippen molar-refractivity contribution in [2.75, 3.05) is 0 Å². The second kappa shape index (κ2) is 3.60. The normalized spacial score (nSPS) is 9.71. The number of rotatable bonds is 1. The lowest BCUT2D eigenvalue weighted by molar-refractivity contribution is 0.802. The molecule has 5 heteroatoms. The van der Waals surface area contributed by atoms with Gasteiger partial charge in [-0.05, 0) is 24.3 Å². The Balaban J connectivity index is 2.40. The van der Waals surface area contributed by atoms with Gasteiger partial charge < -0.3 is 0 Å². The molecule has 0 amide bonds. The Kier molecular flexibility index (Phi) is 2.29. The lowest BCUT2D eigenvalue weighted by Gasteiger charge is -1.98. The van der Waals surface area contributed by atoms with E-state index in [-0.39, 0.29) is 0 Å². The second-order valence-electron chi connectivity index (χ2n) is 2.64. The predicted molar refractivity (Wildman–Crippen MR) is 53.8 cm³/mol. The highest BCUT2D eigenvalue weighted by molar-refractivity contribution is 9.10. The lowest BCUT2D eigenvalue weighted by atomic mass is 10.3. The van der Waals surface area contributed by atoms with E-state index in [1.807, 2.05) is 30.3 Å². The maximum Gasteiger partial charge on any atom is 0.183 e. The first-order valence-electron chi connectivity index (χ1n) is 3.88. The molecule has 0 atom stereocenters. The molecule has 0 saturated heterocycles. The zero-order valence-electron chi connectivity index (χ0n) is 7.05. The average molecular weight is 249 g/mol. The minimum Gasteiger partial charge on any atom is -0.219 e. The maximum absolute atomic E-state index is 8.57. The van der Waals surface area contributed by atoms with Gasteiger partial charge in [-0.25, -0.2) is 4.68 Å². The standard InChI is InChI=1S/C9H5BrN4/c10-7-1-3-9(4-2-7)14-6-8(5-11)12-13-14/h1-4,6H. The van der Waals surface area contributed by atoms with Crippen LogP contribution < -0.4 is 0 Å². The Morgan fingerprint density at radius 3 is 2.57 bits per heavy atom. The summed E-state index contributed by atoms with van der Waals surface area (Å²) in [5, 5.41) is 16.1. The van der Waals surface area contributed by atoms with Gasteiger partial charge in [0.2, 0.25) is 0 Å². The van der Waals surface area contributed by atoms with E-state index in [9.17, 15) is 0 Å². The van der Waals surface area contributed by atoms with Crippen LogP contribution in [0, 0.1) is 11.3 Å². The quantitative estimate of drug-likeness (QED) is 0.775. The molecule has 0 fully saturated rings. The van der Waals surface area contributed by atoms with Gasteiger partial charge in [0, 0.05) is 4.47 Å². The van der Waals surface area contributed by atoms with Gasteiger partial charge in [-0.2, -0.15) is 5.26 Å². The van der Waals surface area contributed by atoms with Crippen molar-refractivity contribution in [2.45, 2.75) is 0 Å². The number of aromatic nitrogens is 3. The molecule has 1 aromatic carbocycles. The molecule has 1 heterocycles. The van der Waals surface area contributed by atoms with Crippen LogP contribution in [0.3, 0.4) is 0 Å². The van der Waals surface area contributed by atoms with E-state index in [0.29, 0.717) is 5.69 Å². The van der Waals surface area contributed by atoms with Crippen molar-refractivity contribution >= 4 is 15.9 Å². The summed E-state index contributed by atoms with van der Waals surface area (Å²) < 4.78 is 2.56. The molecule has 0 aliphatic rings. The van der Waals surface area contributed by atoms with Crippen molar-refractivity contribution in [2.24, 2.45) is 0 Å². The molecule has 2 aromatic rings. The summed E-state index contributed by atoms with van der Waals surface area (Å²) >= 11 is 3.34. The first kappa shape index (κ1) is 8.91. The Morgan fingerprint density at radius 2 is 2.00 bits per heavy atom. The van der Waals surface area contributed by atoms with Crippen LogP contribution in [0.15, 0.2) is 34.9 Å². The highest BCUT2D eigenvalue weighted by atomic mass is 79.9. The third kappa shape index (κ3) is 1.65. The van der Waals surface area contributed by atoms with Crippen LogP contribution in [-0.2, 0) is 0 Å². The van der Waals surface area contributed by atoms with E-state index >= 15 is 0 Å². The summed E-state index contributed by atoms with van der Waals surface area (Å²) in [6.45, 7) is 0. The van der Waals surface area contributed by atoms with Crippen LogP contribution in [0.1, 0.15) is 5.69 Å². The number of benzene rings is 1. The molecule has 0 N–H and O–H groups in total. The van der Waals surface area contributed by atoms with Crippen LogP contribution in [0.2, 0.25) is 0 Å². The van der Waals surface area contributed by atoms with Gasteiger partial charge in [-0.3, -0.25) is 0 Å². The fourth-order valence-electron chi connectivity index (χ4n) is 1.04. The Morgan fingerprint density at radius 1 is 1.29 bits per heavy atom. The van der Waals surface area contributed by atoms with Crippen LogP contribution in [0.5, 0.6) is 0 Å². The van der Waals surface area contributed by atoms with Crippen molar-refractivity contribution in [1.29, 1.82) is 5.26 Å². The Labute approximate surface area is 88.9 Å². The summed E-state index contributed by atoms with van der Waals surface area (Å²) in [4.78, 5) is 0. The van der Waals surface area contributed by atoms with Gasteiger partial charge in [0.15, 0.2) is 5.69 Å². The fraction of sp³-hybridized carbons (Fsp3) is 0. The first-order valence-corrected chi connectivity index (χ1v) is 4.67. The second-order valence-corrected chi connectivity index (χ2v) is 3.55. The smallest absolute Gasteiger partial charge is 0.183 e. The zero-order chi connectivity index (χ0) is 9.97. The molecule has 0 saturated carbocycles. The summed E-state index contributed by atoms with van der Waals surface area (Å²) in [7, 11) is 0. The van der Waals surface area contributed by atoms with E-state index in [2.05, 4.69) is 26.2 Å². The molecule has 0 radical (unpaired) electrons.